The van der Waals surface area contributed by atoms with Crippen molar-refractivity contribution < 1.29 is 9.59 Å². The molecule has 2 amide bonds. The first-order valence-electron chi connectivity index (χ1n) is 7.49. The molecule has 0 bridgehead atoms. The number of nitrogens with one attached hydrogen (secondary N) is 2. The lowest BCUT2D eigenvalue weighted by molar-refractivity contribution is -0.126. The molecule has 4 N–H and O–H groups in total. The van der Waals surface area contributed by atoms with Crippen molar-refractivity contribution in [3.8, 4) is 0 Å². The Kier molecular flexibility index (Phi) is 4.96. The summed E-state index contributed by atoms with van der Waals surface area (Å²) in [6, 6.07) is 7.23. The van der Waals surface area contributed by atoms with E-state index in [0.717, 1.165) is 31.2 Å². The van der Waals surface area contributed by atoms with E-state index < -0.39 is 5.54 Å². The van der Waals surface area contributed by atoms with E-state index in [0.29, 0.717) is 18.7 Å². The van der Waals surface area contributed by atoms with Crippen molar-refractivity contribution in [1.82, 2.24) is 10.6 Å². The van der Waals surface area contributed by atoms with Gasteiger partial charge in [-0.15, -0.1) is 0 Å². The highest BCUT2D eigenvalue weighted by Gasteiger charge is 2.36. The second-order valence-electron chi connectivity index (χ2n) is 5.60. The molecule has 1 saturated carbocycles. The zero-order chi connectivity index (χ0) is 15.3. The third-order valence-corrected chi connectivity index (χ3v) is 3.95. The molecule has 0 heterocycles. The normalized spacial score (nSPS) is 16.5. The van der Waals surface area contributed by atoms with Gasteiger partial charge in [0.15, 0.2) is 0 Å². The van der Waals surface area contributed by atoms with Gasteiger partial charge in [0.25, 0.3) is 5.91 Å². The quantitative estimate of drug-likeness (QED) is 0.764. The molecular formula is C16H23N3O2. The van der Waals surface area contributed by atoms with Gasteiger partial charge in [0.2, 0.25) is 5.91 Å². The van der Waals surface area contributed by atoms with Gasteiger partial charge in [-0.25, -0.2) is 0 Å². The molecule has 114 valence electrons. The summed E-state index contributed by atoms with van der Waals surface area (Å²) in [6.45, 7) is 2.93. The minimum atomic E-state index is -0.693. The van der Waals surface area contributed by atoms with Crippen molar-refractivity contribution in [2.75, 3.05) is 6.54 Å². The molecule has 0 saturated heterocycles. The third-order valence-electron chi connectivity index (χ3n) is 3.95. The molecule has 0 spiro atoms. The van der Waals surface area contributed by atoms with Crippen molar-refractivity contribution in [3.05, 3.63) is 35.4 Å². The topological polar surface area (TPSA) is 84.2 Å². The Morgan fingerprint density at radius 3 is 2.33 bits per heavy atom. The first kappa shape index (κ1) is 15.5. The fraction of sp³-hybridized carbons (Fsp3) is 0.500. The zero-order valence-corrected chi connectivity index (χ0v) is 12.4. The van der Waals surface area contributed by atoms with Crippen LogP contribution in [0.5, 0.6) is 0 Å². The molecule has 0 radical (unpaired) electrons. The van der Waals surface area contributed by atoms with Crippen molar-refractivity contribution in [3.63, 3.8) is 0 Å². The van der Waals surface area contributed by atoms with Crippen LogP contribution in [0.15, 0.2) is 24.3 Å². The monoisotopic (exact) mass is 289 g/mol. The van der Waals surface area contributed by atoms with E-state index in [1.807, 2.05) is 19.1 Å². The molecule has 0 atom stereocenters. The summed E-state index contributed by atoms with van der Waals surface area (Å²) in [6.07, 6.45) is 3.56. The number of carbonyl (C=O) groups is 2. The van der Waals surface area contributed by atoms with E-state index in [9.17, 15) is 9.59 Å². The van der Waals surface area contributed by atoms with Crippen molar-refractivity contribution in [2.24, 2.45) is 5.73 Å². The smallest absolute Gasteiger partial charge is 0.251 e. The van der Waals surface area contributed by atoms with E-state index in [-0.39, 0.29) is 11.8 Å². The summed E-state index contributed by atoms with van der Waals surface area (Å²) in [5.41, 5.74) is 6.99. The van der Waals surface area contributed by atoms with Crippen LogP contribution in [-0.2, 0) is 11.3 Å². The van der Waals surface area contributed by atoms with Crippen LogP contribution >= 0.6 is 0 Å². The lowest BCUT2D eigenvalue weighted by atomic mass is 9.98. The van der Waals surface area contributed by atoms with E-state index >= 15 is 0 Å². The number of rotatable bonds is 5. The summed E-state index contributed by atoms with van der Waals surface area (Å²) in [5.74, 6) is -0.159. The fourth-order valence-corrected chi connectivity index (χ4v) is 2.63. The predicted molar refractivity (Wildman–Crippen MR) is 81.7 cm³/mol. The molecule has 0 aromatic heterocycles. The van der Waals surface area contributed by atoms with E-state index in [1.54, 1.807) is 12.1 Å². The fourth-order valence-electron chi connectivity index (χ4n) is 2.63. The second kappa shape index (κ2) is 6.72. The van der Waals surface area contributed by atoms with Crippen LogP contribution in [0.4, 0.5) is 0 Å². The maximum absolute atomic E-state index is 12.1. The number of benzene rings is 1. The van der Waals surface area contributed by atoms with Crippen LogP contribution in [0.3, 0.4) is 0 Å². The molecule has 1 fully saturated rings. The SMILES string of the molecule is CCNC(=O)c1ccc(CNC(=O)C2(N)CCCC2)cc1. The standard InChI is InChI=1S/C16H23N3O2/c1-2-18-14(20)13-7-5-12(6-8-13)11-19-15(21)16(17)9-3-4-10-16/h5-8H,2-4,9-11,17H2,1H3,(H,18,20)(H,19,21). The molecule has 1 aliphatic carbocycles. The lowest BCUT2D eigenvalue weighted by Gasteiger charge is -2.22. The van der Waals surface area contributed by atoms with Crippen LogP contribution in [0.2, 0.25) is 0 Å². The lowest BCUT2D eigenvalue weighted by Crippen LogP contribution is -2.51. The predicted octanol–water partition coefficient (Wildman–Crippen LogP) is 1.32. The Bertz CT molecular complexity index is 505. The average Bonchev–Trinajstić information content (AvgIpc) is 2.93. The average molecular weight is 289 g/mol. The summed E-state index contributed by atoms with van der Waals surface area (Å²) in [7, 11) is 0. The summed E-state index contributed by atoms with van der Waals surface area (Å²) < 4.78 is 0. The number of amides is 2. The van der Waals surface area contributed by atoms with Gasteiger partial charge in [-0.1, -0.05) is 25.0 Å². The van der Waals surface area contributed by atoms with Gasteiger partial charge in [0.1, 0.15) is 0 Å². The van der Waals surface area contributed by atoms with Crippen molar-refractivity contribution >= 4 is 11.8 Å². The Hall–Kier alpha value is -1.88. The van der Waals surface area contributed by atoms with Gasteiger partial charge in [0, 0.05) is 18.7 Å². The Balaban J connectivity index is 1.89. The van der Waals surface area contributed by atoms with E-state index in [1.165, 1.54) is 0 Å². The van der Waals surface area contributed by atoms with Crippen molar-refractivity contribution in [1.29, 1.82) is 0 Å². The van der Waals surface area contributed by atoms with Gasteiger partial charge in [0.05, 0.1) is 5.54 Å². The highest BCUT2D eigenvalue weighted by Crippen LogP contribution is 2.27. The highest BCUT2D eigenvalue weighted by atomic mass is 16.2. The van der Waals surface area contributed by atoms with Crippen LogP contribution in [0.1, 0.15) is 48.5 Å². The third kappa shape index (κ3) is 3.82. The maximum atomic E-state index is 12.1. The Morgan fingerprint density at radius 2 is 1.76 bits per heavy atom. The molecule has 5 nitrogen and oxygen atoms in total. The maximum Gasteiger partial charge on any atom is 0.251 e. The van der Waals surface area contributed by atoms with Crippen LogP contribution in [0, 0.1) is 0 Å². The molecule has 1 aromatic rings. The molecule has 5 heteroatoms. The Labute approximate surface area is 125 Å². The first-order chi connectivity index (χ1) is 10.0. The number of hydrogen-bond acceptors (Lipinski definition) is 3. The Morgan fingerprint density at radius 1 is 1.14 bits per heavy atom. The number of carbonyl (C=O) groups excluding carboxylic acids is 2. The molecule has 1 aliphatic rings. The van der Waals surface area contributed by atoms with Gasteiger partial charge < -0.3 is 16.4 Å². The number of nitrogens with two attached hydrogens (primary N) is 1. The molecular weight excluding hydrogens is 266 g/mol. The molecule has 0 aliphatic heterocycles. The highest BCUT2D eigenvalue weighted by molar-refractivity contribution is 5.94. The molecule has 0 unspecified atom stereocenters. The van der Waals surface area contributed by atoms with E-state index in [2.05, 4.69) is 10.6 Å². The van der Waals surface area contributed by atoms with Crippen LogP contribution < -0.4 is 16.4 Å². The van der Waals surface area contributed by atoms with Gasteiger partial charge in [-0.3, -0.25) is 9.59 Å². The van der Waals surface area contributed by atoms with Crippen LogP contribution in [0.25, 0.3) is 0 Å². The van der Waals surface area contributed by atoms with Gasteiger partial charge >= 0.3 is 0 Å². The number of hydrogen-bond donors (Lipinski definition) is 3. The van der Waals surface area contributed by atoms with Gasteiger partial charge in [-0.05, 0) is 37.5 Å². The minimum absolute atomic E-state index is 0.0761. The second-order valence-corrected chi connectivity index (χ2v) is 5.60. The van der Waals surface area contributed by atoms with Crippen LogP contribution in [-0.4, -0.2) is 23.9 Å². The summed E-state index contributed by atoms with van der Waals surface area (Å²) >= 11 is 0. The largest absolute Gasteiger partial charge is 0.352 e. The van der Waals surface area contributed by atoms with E-state index in [4.69, 9.17) is 5.73 Å². The first-order valence-corrected chi connectivity index (χ1v) is 7.49. The summed E-state index contributed by atoms with van der Waals surface area (Å²) in [5, 5.41) is 5.64. The zero-order valence-electron chi connectivity index (χ0n) is 12.4. The molecule has 21 heavy (non-hydrogen) atoms. The van der Waals surface area contributed by atoms with Gasteiger partial charge in [-0.2, -0.15) is 0 Å². The molecule has 2 rings (SSSR count). The molecule has 1 aromatic carbocycles. The van der Waals surface area contributed by atoms with Crippen molar-refractivity contribution in [2.45, 2.75) is 44.7 Å². The minimum Gasteiger partial charge on any atom is -0.352 e. The summed E-state index contributed by atoms with van der Waals surface area (Å²) in [4.78, 5) is 23.7.